The molecule has 8 heteroatoms. The Bertz CT molecular complexity index is 531. The second-order valence-corrected chi connectivity index (χ2v) is 4.72. The van der Waals surface area contributed by atoms with Crippen molar-refractivity contribution in [3.8, 4) is 11.5 Å². The van der Waals surface area contributed by atoms with E-state index in [0.29, 0.717) is 0 Å². The molecule has 1 heterocycles. The summed E-state index contributed by atoms with van der Waals surface area (Å²) in [4.78, 5) is 11.2. The molecule has 0 aromatic heterocycles. The molecule has 8 nitrogen and oxygen atoms in total. The zero-order valence-electron chi connectivity index (χ0n) is 11.1. The number of hydrogen-bond donors (Lipinski definition) is 5. The number of phenolic OH excluding ortho intramolecular Hbond substituents is 1. The minimum absolute atomic E-state index is 0.0531. The number of aromatic hydroxyl groups is 1. The van der Waals surface area contributed by atoms with Crippen LogP contribution in [0.3, 0.4) is 0 Å². The lowest BCUT2D eigenvalue weighted by molar-refractivity contribution is -0.321. The van der Waals surface area contributed by atoms with E-state index >= 15 is 0 Å². The lowest BCUT2D eigenvalue weighted by Gasteiger charge is -2.37. The SMILES string of the molecule is CC(=O)c1ccc(OC2OC(O)C(O)C(O)C2O)cc1O. The van der Waals surface area contributed by atoms with Gasteiger partial charge in [0.25, 0.3) is 0 Å². The molecule has 116 valence electrons. The standard InChI is InChI=1S/C13H16O8/c1-5(14)7-3-2-6(4-8(7)15)20-13-11(18)9(16)10(17)12(19)21-13/h2-4,9-13,15-19H,1H3. The number of Topliss-reactive ketones (excluding diaryl/α,β-unsaturated/α-hetero) is 1. The molecule has 0 radical (unpaired) electrons. The summed E-state index contributed by atoms with van der Waals surface area (Å²) in [6, 6.07) is 3.82. The predicted octanol–water partition coefficient (Wildman–Crippen LogP) is -1.27. The number of rotatable bonds is 3. The Morgan fingerprint density at radius 2 is 1.81 bits per heavy atom. The summed E-state index contributed by atoms with van der Waals surface area (Å²) in [5.74, 6) is -0.592. The van der Waals surface area contributed by atoms with E-state index in [1.807, 2.05) is 0 Å². The molecule has 1 aromatic rings. The number of hydrogen-bond acceptors (Lipinski definition) is 8. The van der Waals surface area contributed by atoms with Crippen LogP contribution in [0.4, 0.5) is 0 Å². The third-order valence-corrected chi connectivity index (χ3v) is 3.15. The molecule has 1 aliphatic rings. The van der Waals surface area contributed by atoms with Gasteiger partial charge in [-0.1, -0.05) is 0 Å². The van der Waals surface area contributed by atoms with Crippen molar-refractivity contribution >= 4 is 5.78 Å². The van der Waals surface area contributed by atoms with Crippen molar-refractivity contribution in [3.05, 3.63) is 23.8 Å². The highest BCUT2D eigenvalue weighted by atomic mass is 16.7. The predicted molar refractivity (Wildman–Crippen MR) is 67.6 cm³/mol. The fraction of sp³-hybridized carbons (Fsp3) is 0.462. The number of ether oxygens (including phenoxy) is 2. The molecule has 5 atom stereocenters. The maximum absolute atomic E-state index is 11.2. The first-order valence-corrected chi connectivity index (χ1v) is 6.19. The monoisotopic (exact) mass is 300 g/mol. The van der Waals surface area contributed by atoms with Crippen LogP contribution in [0.1, 0.15) is 17.3 Å². The smallest absolute Gasteiger partial charge is 0.231 e. The van der Waals surface area contributed by atoms with E-state index in [1.54, 1.807) is 0 Å². The van der Waals surface area contributed by atoms with E-state index < -0.39 is 30.9 Å². The summed E-state index contributed by atoms with van der Waals surface area (Å²) >= 11 is 0. The van der Waals surface area contributed by atoms with Crippen molar-refractivity contribution in [2.75, 3.05) is 0 Å². The van der Waals surface area contributed by atoms with Crippen molar-refractivity contribution in [1.29, 1.82) is 0 Å². The fourth-order valence-electron chi connectivity index (χ4n) is 1.94. The van der Waals surface area contributed by atoms with Crippen LogP contribution in [0.5, 0.6) is 11.5 Å². The largest absolute Gasteiger partial charge is 0.507 e. The van der Waals surface area contributed by atoms with Crippen molar-refractivity contribution in [2.45, 2.75) is 37.8 Å². The van der Waals surface area contributed by atoms with E-state index in [0.717, 1.165) is 6.07 Å². The Hall–Kier alpha value is -1.71. The van der Waals surface area contributed by atoms with Crippen LogP contribution in [0.25, 0.3) is 0 Å². The van der Waals surface area contributed by atoms with Gasteiger partial charge in [0.15, 0.2) is 12.1 Å². The van der Waals surface area contributed by atoms with Gasteiger partial charge in [-0.3, -0.25) is 4.79 Å². The van der Waals surface area contributed by atoms with E-state index in [9.17, 15) is 30.3 Å². The number of phenols is 1. The van der Waals surface area contributed by atoms with Gasteiger partial charge < -0.3 is 35.0 Å². The molecule has 2 rings (SSSR count). The average molecular weight is 300 g/mol. The summed E-state index contributed by atoms with van der Waals surface area (Å²) in [5.41, 5.74) is 0.1000. The summed E-state index contributed by atoms with van der Waals surface area (Å²) in [5, 5.41) is 47.6. The van der Waals surface area contributed by atoms with Gasteiger partial charge in [0.1, 0.15) is 29.8 Å². The Labute approximate surface area is 119 Å². The van der Waals surface area contributed by atoms with Gasteiger partial charge in [-0.25, -0.2) is 0 Å². The van der Waals surface area contributed by atoms with Crippen LogP contribution < -0.4 is 4.74 Å². The number of aliphatic hydroxyl groups is 4. The molecule has 1 fully saturated rings. The maximum atomic E-state index is 11.2. The molecule has 21 heavy (non-hydrogen) atoms. The number of ketones is 1. The van der Waals surface area contributed by atoms with Gasteiger partial charge in [0.2, 0.25) is 6.29 Å². The van der Waals surface area contributed by atoms with E-state index in [-0.39, 0.29) is 22.8 Å². The quantitative estimate of drug-likeness (QED) is 0.436. The Morgan fingerprint density at radius 1 is 1.14 bits per heavy atom. The third-order valence-electron chi connectivity index (χ3n) is 3.15. The Balaban J connectivity index is 2.14. The maximum Gasteiger partial charge on any atom is 0.231 e. The average Bonchev–Trinajstić information content (AvgIpc) is 2.42. The van der Waals surface area contributed by atoms with Crippen LogP contribution in [0.2, 0.25) is 0 Å². The molecule has 0 saturated carbocycles. The molecule has 1 saturated heterocycles. The van der Waals surface area contributed by atoms with Crippen LogP contribution in [-0.4, -0.2) is 62.2 Å². The summed E-state index contributed by atoms with van der Waals surface area (Å²) < 4.78 is 10.0. The van der Waals surface area contributed by atoms with Gasteiger partial charge >= 0.3 is 0 Å². The summed E-state index contributed by atoms with van der Waals surface area (Å²) in [6.45, 7) is 1.29. The van der Waals surface area contributed by atoms with Gasteiger partial charge in [-0.15, -0.1) is 0 Å². The van der Waals surface area contributed by atoms with Crippen molar-refractivity contribution in [1.82, 2.24) is 0 Å². The normalized spacial score (nSPS) is 32.7. The van der Waals surface area contributed by atoms with Gasteiger partial charge in [-0.2, -0.15) is 0 Å². The molecule has 0 aliphatic carbocycles. The van der Waals surface area contributed by atoms with Gasteiger partial charge in [0, 0.05) is 6.07 Å². The molecular weight excluding hydrogens is 284 g/mol. The van der Waals surface area contributed by atoms with Gasteiger partial charge in [-0.05, 0) is 19.1 Å². The Morgan fingerprint density at radius 3 is 2.38 bits per heavy atom. The summed E-state index contributed by atoms with van der Waals surface area (Å²) in [6.07, 6.45) is -8.07. The second-order valence-electron chi connectivity index (χ2n) is 4.72. The zero-order chi connectivity index (χ0) is 15.7. The number of carbonyl (C=O) groups is 1. The van der Waals surface area contributed by atoms with Crippen molar-refractivity contribution in [3.63, 3.8) is 0 Å². The molecule has 1 aliphatic heterocycles. The van der Waals surface area contributed by atoms with E-state index in [4.69, 9.17) is 9.47 Å². The molecule has 0 amide bonds. The first kappa shape index (κ1) is 15.7. The highest BCUT2D eigenvalue weighted by Gasteiger charge is 2.44. The first-order valence-electron chi connectivity index (χ1n) is 6.19. The number of aliphatic hydroxyl groups excluding tert-OH is 4. The van der Waals surface area contributed by atoms with Crippen molar-refractivity contribution < 1.29 is 39.8 Å². The topological polar surface area (TPSA) is 137 Å². The zero-order valence-corrected chi connectivity index (χ0v) is 11.1. The minimum Gasteiger partial charge on any atom is -0.507 e. The Kier molecular flexibility index (Phi) is 4.45. The van der Waals surface area contributed by atoms with Crippen LogP contribution in [-0.2, 0) is 4.74 Å². The third kappa shape index (κ3) is 3.14. The number of carbonyl (C=O) groups excluding carboxylic acids is 1. The van der Waals surface area contributed by atoms with E-state index in [2.05, 4.69) is 0 Å². The summed E-state index contributed by atoms with van der Waals surface area (Å²) in [7, 11) is 0. The highest BCUT2D eigenvalue weighted by molar-refractivity contribution is 5.96. The first-order chi connectivity index (χ1) is 9.81. The molecule has 1 aromatic carbocycles. The highest BCUT2D eigenvalue weighted by Crippen LogP contribution is 2.27. The lowest BCUT2D eigenvalue weighted by atomic mass is 10.0. The molecule has 5 unspecified atom stereocenters. The van der Waals surface area contributed by atoms with Crippen molar-refractivity contribution in [2.24, 2.45) is 0 Å². The molecule has 0 bridgehead atoms. The molecule has 5 N–H and O–H groups in total. The minimum atomic E-state index is -1.72. The lowest BCUT2D eigenvalue weighted by Crippen LogP contribution is -2.59. The van der Waals surface area contributed by atoms with Gasteiger partial charge in [0.05, 0.1) is 5.56 Å². The van der Waals surface area contributed by atoms with Crippen LogP contribution in [0, 0.1) is 0 Å². The second kappa shape index (κ2) is 5.96. The van der Waals surface area contributed by atoms with Crippen LogP contribution >= 0.6 is 0 Å². The molecular formula is C13H16O8. The number of benzene rings is 1. The van der Waals surface area contributed by atoms with E-state index in [1.165, 1.54) is 19.1 Å². The fourth-order valence-corrected chi connectivity index (χ4v) is 1.94. The molecule has 0 spiro atoms. The van der Waals surface area contributed by atoms with Crippen LogP contribution in [0.15, 0.2) is 18.2 Å².